The lowest BCUT2D eigenvalue weighted by atomic mass is 10.1. The van der Waals surface area contributed by atoms with Crippen molar-refractivity contribution < 1.29 is 9.53 Å². The van der Waals surface area contributed by atoms with E-state index in [4.69, 9.17) is 16.3 Å². The number of carbonyl (C=O) groups excluding carboxylic acids is 1. The summed E-state index contributed by atoms with van der Waals surface area (Å²) in [5.41, 5.74) is 0.662. The maximum Gasteiger partial charge on any atom is 0.316 e. The van der Waals surface area contributed by atoms with Crippen LogP contribution in [0.25, 0.3) is 0 Å². The minimum atomic E-state index is 0.0334. The summed E-state index contributed by atoms with van der Waals surface area (Å²) < 4.78 is 5.73. The van der Waals surface area contributed by atoms with Crippen LogP contribution in [0.4, 0.5) is 0 Å². The van der Waals surface area contributed by atoms with E-state index < -0.39 is 0 Å². The molecule has 0 N–H and O–H groups in total. The molecule has 1 amide bonds. The van der Waals surface area contributed by atoms with Gasteiger partial charge in [-0.25, -0.2) is 9.97 Å². The number of benzene rings is 1. The summed E-state index contributed by atoms with van der Waals surface area (Å²) in [4.78, 5) is 22.3. The number of likely N-dealkylation sites (tertiary alicyclic amines) is 1. The topological polar surface area (TPSA) is 55.3 Å². The highest BCUT2D eigenvalue weighted by atomic mass is 35.5. The van der Waals surface area contributed by atoms with Gasteiger partial charge in [0.2, 0.25) is 0 Å². The first-order valence-electron chi connectivity index (χ1n) is 7.21. The van der Waals surface area contributed by atoms with Crippen molar-refractivity contribution >= 4 is 17.5 Å². The maximum atomic E-state index is 12.4. The number of piperidine rings is 1. The van der Waals surface area contributed by atoms with E-state index in [9.17, 15) is 4.79 Å². The molecule has 0 saturated carbocycles. The summed E-state index contributed by atoms with van der Waals surface area (Å²) >= 11 is 5.84. The number of hydrogen-bond acceptors (Lipinski definition) is 4. The summed E-state index contributed by atoms with van der Waals surface area (Å²) in [5, 5.41) is 0.631. The van der Waals surface area contributed by atoms with Crippen LogP contribution in [0, 0.1) is 0 Å². The van der Waals surface area contributed by atoms with E-state index in [2.05, 4.69) is 9.97 Å². The van der Waals surface area contributed by atoms with Gasteiger partial charge >= 0.3 is 6.01 Å². The number of halogens is 1. The summed E-state index contributed by atoms with van der Waals surface area (Å²) in [6, 6.07) is 9.12. The molecule has 1 aliphatic heterocycles. The van der Waals surface area contributed by atoms with Crippen molar-refractivity contribution in [2.75, 3.05) is 13.1 Å². The number of aromatic nitrogens is 2. The highest BCUT2D eigenvalue weighted by molar-refractivity contribution is 6.30. The van der Waals surface area contributed by atoms with Crippen LogP contribution in [0.2, 0.25) is 5.02 Å². The lowest BCUT2D eigenvalue weighted by Gasteiger charge is -2.31. The van der Waals surface area contributed by atoms with E-state index in [-0.39, 0.29) is 12.0 Å². The lowest BCUT2D eigenvalue weighted by molar-refractivity contribution is 0.0578. The monoisotopic (exact) mass is 317 g/mol. The van der Waals surface area contributed by atoms with Crippen LogP contribution in [0.5, 0.6) is 6.01 Å². The van der Waals surface area contributed by atoms with Crippen LogP contribution in [-0.2, 0) is 0 Å². The van der Waals surface area contributed by atoms with Gasteiger partial charge in [-0.2, -0.15) is 0 Å². The SMILES string of the molecule is O=C(c1ccc(Cl)cc1)N1CCC(Oc2ncccn2)CC1. The molecule has 3 rings (SSSR count). The molecule has 0 unspecified atom stereocenters. The Morgan fingerprint density at radius 2 is 1.77 bits per heavy atom. The highest BCUT2D eigenvalue weighted by Gasteiger charge is 2.25. The van der Waals surface area contributed by atoms with Gasteiger partial charge in [0.05, 0.1) is 0 Å². The molecule has 6 heteroatoms. The van der Waals surface area contributed by atoms with Crippen molar-refractivity contribution in [1.29, 1.82) is 0 Å². The second-order valence-corrected chi connectivity index (χ2v) is 5.58. The number of ether oxygens (including phenoxy) is 1. The molecule has 2 aromatic rings. The molecule has 5 nitrogen and oxygen atoms in total. The Hall–Kier alpha value is -2.14. The number of nitrogens with zero attached hydrogens (tertiary/aromatic N) is 3. The average molecular weight is 318 g/mol. The molecule has 1 aliphatic rings. The molecule has 22 heavy (non-hydrogen) atoms. The molecule has 0 radical (unpaired) electrons. The van der Waals surface area contributed by atoms with Crippen LogP contribution in [0.1, 0.15) is 23.2 Å². The molecular weight excluding hydrogens is 302 g/mol. The summed E-state index contributed by atoms with van der Waals surface area (Å²) in [7, 11) is 0. The van der Waals surface area contributed by atoms with Crippen molar-refractivity contribution in [1.82, 2.24) is 14.9 Å². The molecule has 114 valence electrons. The molecule has 0 aliphatic carbocycles. The zero-order chi connectivity index (χ0) is 15.4. The van der Waals surface area contributed by atoms with Crippen LogP contribution in [0.3, 0.4) is 0 Å². The maximum absolute atomic E-state index is 12.4. The van der Waals surface area contributed by atoms with Gasteiger partial charge in [-0.05, 0) is 30.3 Å². The number of amides is 1. The van der Waals surface area contributed by atoms with Crippen molar-refractivity contribution in [2.24, 2.45) is 0 Å². The third kappa shape index (κ3) is 3.54. The predicted molar refractivity (Wildman–Crippen MR) is 83.0 cm³/mol. The van der Waals surface area contributed by atoms with Gasteiger partial charge in [0, 0.05) is 48.9 Å². The van der Waals surface area contributed by atoms with E-state index in [1.807, 2.05) is 4.90 Å². The molecule has 1 fully saturated rings. The molecule has 0 spiro atoms. The molecule has 1 saturated heterocycles. The Kier molecular flexibility index (Phi) is 4.53. The van der Waals surface area contributed by atoms with Gasteiger partial charge in [0.15, 0.2) is 0 Å². The fourth-order valence-corrected chi connectivity index (χ4v) is 2.57. The zero-order valence-corrected chi connectivity index (χ0v) is 12.7. The summed E-state index contributed by atoms with van der Waals surface area (Å²) in [6.07, 6.45) is 4.91. The molecule has 1 aromatic carbocycles. The van der Waals surface area contributed by atoms with Gasteiger partial charge in [0.25, 0.3) is 5.91 Å². The minimum absolute atomic E-state index is 0.0334. The van der Waals surface area contributed by atoms with Crippen molar-refractivity contribution in [3.63, 3.8) is 0 Å². The summed E-state index contributed by atoms with van der Waals surface area (Å²) in [6.45, 7) is 1.33. The first kappa shape index (κ1) is 14.8. The fraction of sp³-hybridized carbons (Fsp3) is 0.312. The molecule has 1 aromatic heterocycles. The average Bonchev–Trinajstić information content (AvgIpc) is 2.57. The Balaban J connectivity index is 1.55. The Bertz CT molecular complexity index is 626. The Labute approximate surface area is 133 Å². The first-order chi connectivity index (χ1) is 10.7. The number of rotatable bonds is 3. The molecule has 0 bridgehead atoms. The van der Waals surface area contributed by atoms with E-state index in [0.717, 1.165) is 12.8 Å². The summed E-state index contributed by atoms with van der Waals surface area (Å²) in [5.74, 6) is 0.0334. The zero-order valence-electron chi connectivity index (χ0n) is 12.0. The van der Waals surface area contributed by atoms with Crippen molar-refractivity contribution in [2.45, 2.75) is 18.9 Å². The predicted octanol–water partition coefficient (Wildman–Crippen LogP) is 2.81. The van der Waals surface area contributed by atoms with Crippen LogP contribution in [-0.4, -0.2) is 40.0 Å². The fourth-order valence-electron chi connectivity index (χ4n) is 2.45. The number of carbonyl (C=O) groups is 1. The van der Waals surface area contributed by atoms with E-state index >= 15 is 0 Å². The van der Waals surface area contributed by atoms with Gasteiger partial charge in [0.1, 0.15) is 6.10 Å². The Morgan fingerprint density at radius 1 is 1.14 bits per heavy atom. The van der Waals surface area contributed by atoms with Gasteiger partial charge in [-0.3, -0.25) is 4.79 Å². The van der Waals surface area contributed by atoms with Gasteiger partial charge < -0.3 is 9.64 Å². The molecule has 0 atom stereocenters. The number of hydrogen-bond donors (Lipinski definition) is 0. The highest BCUT2D eigenvalue weighted by Crippen LogP contribution is 2.18. The third-order valence-corrected chi connectivity index (χ3v) is 3.89. The van der Waals surface area contributed by atoms with Crippen LogP contribution in [0.15, 0.2) is 42.7 Å². The standard InChI is InChI=1S/C16H16ClN3O2/c17-13-4-2-12(3-5-13)15(21)20-10-6-14(7-11-20)22-16-18-8-1-9-19-16/h1-5,8-9,14H,6-7,10-11H2. The smallest absolute Gasteiger partial charge is 0.316 e. The minimum Gasteiger partial charge on any atom is -0.460 e. The van der Waals surface area contributed by atoms with E-state index in [1.165, 1.54) is 0 Å². The van der Waals surface area contributed by atoms with E-state index in [1.54, 1.807) is 42.7 Å². The second kappa shape index (κ2) is 6.75. The van der Waals surface area contributed by atoms with E-state index in [0.29, 0.717) is 29.7 Å². The van der Waals surface area contributed by atoms with Gasteiger partial charge in [-0.15, -0.1) is 0 Å². The largest absolute Gasteiger partial charge is 0.460 e. The molecule has 2 heterocycles. The second-order valence-electron chi connectivity index (χ2n) is 5.15. The third-order valence-electron chi connectivity index (χ3n) is 3.63. The lowest BCUT2D eigenvalue weighted by Crippen LogP contribution is -2.41. The van der Waals surface area contributed by atoms with Crippen molar-refractivity contribution in [3.05, 3.63) is 53.3 Å². The Morgan fingerprint density at radius 3 is 2.41 bits per heavy atom. The normalized spacial score (nSPS) is 15.6. The van der Waals surface area contributed by atoms with Crippen LogP contribution >= 0.6 is 11.6 Å². The van der Waals surface area contributed by atoms with Crippen molar-refractivity contribution in [3.8, 4) is 6.01 Å². The molecular formula is C16H16ClN3O2. The van der Waals surface area contributed by atoms with Gasteiger partial charge in [-0.1, -0.05) is 11.6 Å². The van der Waals surface area contributed by atoms with Crippen LogP contribution < -0.4 is 4.74 Å². The first-order valence-corrected chi connectivity index (χ1v) is 7.59. The quantitative estimate of drug-likeness (QED) is 0.873.